The fourth-order valence-corrected chi connectivity index (χ4v) is 2.43. The largest absolute Gasteiger partial charge is 0.357 e. The molecule has 0 bridgehead atoms. The number of carbonyl (C=O) groups is 1. The van der Waals surface area contributed by atoms with Crippen LogP contribution in [0.2, 0.25) is 0 Å². The van der Waals surface area contributed by atoms with E-state index in [0.717, 1.165) is 24.5 Å². The molecule has 2 aromatic heterocycles. The van der Waals surface area contributed by atoms with E-state index in [4.69, 9.17) is 0 Å². The molecule has 0 aliphatic carbocycles. The molecule has 8 nitrogen and oxygen atoms in total. The minimum Gasteiger partial charge on any atom is -0.357 e. The molecule has 2 amide bonds. The summed E-state index contributed by atoms with van der Waals surface area (Å²) in [6, 6.07) is 3.48. The molecule has 2 aromatic rings. The van der Waals surface area contributed by atoms with Crippen LogP contribution >= 0.6 is 0 Å². The number of anilines is 1. The Morgan fingerprint density at radius 1 is 1.33 bits per heavy atom. The van der Waals surface area contributed by atoms with Gasteiger partial charge in [-0.25, -0.2) is 9.78 Å². The Bertz CT molecular complexity index is 649. The van der Waals surface area contributed by atoms with Gasteiger partial charge in [-0.2, -0.15) is 0 Å². The predicted octanol–water partition coefficient (Wildman–Crippen LogP) is 1.62. The van der Waals surface area contributed by atoms with Crippen molar-refractivity contribution in [3.05, 3.63) is 36.0 Å². The lowest BCUT2D eigenvalue weighted by molar-refractivity contribution is 0.237. The maximum absolute atomic E-state index is 12.0. The summed E-state index contributed by atoms with van der Waals surface area (Å²) in [7, 11) is 1.84. The van der Waals surface area contributed by atoms with Crippen LogP contribution in [0.5, 0.6) is 0 Å². The van der Waals surface area contributed by atoms with Crippen LogP contribution in [0.1, 0.15) is 38.2 Å². The van der Waals surface area contributed by atoms with Crippen LogP contribution in [0, 0.1) is 0 Å². The van der Waals surface area contributed by atoms with Crippen molar-refractivity contribution in [2.75, 3.05) is 18.0 Å². The number of amides is 2. The number of nitrogens with one attached hydrogen (secondary N) is 2. The topological polar surface area (TPSA) is 88.0 Å². The van der Waals surface area contributed by atoms with E-state index >= 15 is 0 Å². The summed E-state index contributed by atoms with van der Waals surface area (Å²) in [6.45, 7) is 8.33. The van der Waals surface area contributed by atoms with Crippen LogP contribution in [-0.2, 0) is 13.6 Å². The van der Waals surface area contributed by atoms with Crippen LogP contribution in [0.25, 0.3) is 0 Å². The van der Waals surface area contributed by atoms with Gasteiger partial charge in [0.1, 0.15) is 12.1 Å². The molecule has 0 saturated carbocycles. The van der Waals surface area contributed by atoms with Gasteiger partial charge in [-0.1, -0.05) is 6.07 Å². The molecule has 0 radical (unpaired) electrons. The van der Waals surface area contributed by atoms with Gasteiger partial charge in [0.25, 0.3) is 0 Å². The standard InChI is InChI=1S/C16H25N7O/c1-5-23(6-2)14-8-7-13(9-17-14)10-18-16(24)20-12(3)15-21-19-11-22(15)4/h7-9,11-12H,5-6,10H2,1-4H3,(H2,18,20,24)/t12-/m1/s1. The summed E-state index contributed by atoms with van der Waals surface area (Å²) in [5.41, 5.74) is 0.951. The Morgan fingerprint density at radius 3 is 2.62 bits per heavy atom. The van der Waals surface area contributed by atoms with E-state index < -0.39 is 0 Å². The predicted molar refractivity (Wildman–Crippen MR) is 92.6 cm³/mol. The van der Waals surface area contributed by atoms with Gasteiger partial charge in [0, 0.05) is 32.9 Å². The van der Waals surface area contributed by atoms with E-state index in [1.165, 1.54) is 0 Å². The van der Waals surface area contributed by atoms with Crippen LogP contribution in [0.15, 0.2) is 24.7 Å². The van der Waals surface area contributed by atoms with E-state index in [1.807, 2.05) is 26.1 Å². The molecule has 0 saturated heterocycles. The Kier molecular flexibility index (Phi) is 6.11. The zero-order valence-corrected chi connectivity index (χ0v) is 14.7. The molecule has 24 heavy (non-hydrogen) atoms. The van der Waals surface area contributed by atoms with Gasteiger partial charge in [-0.15, -0.1) is 10.2 Å². The Hall–Kier alpha value is -2.64. The van der Waals surface area contributed by atoms with Gasteiger partial charge in [0.05, 0.1) is 6.04 Å². The summed E-state index contributed by atoms with van der Waals surface area (Å²) in [5, 5.41) is 13.5. The molecule has 0 spiro atoms. The number of pyridine rings is 1. The summed E-state index contributed by atoms with van der Waals surface area (Å²) in [6.07, 6.45) is 3.40. The second-order valence-corrected chi connectivity index (χ2v) is 5.55. The lowest BCUT2D eigenvalue weighted by Crippen LogP contribution is -2.37. The van der Waals surface area contributed by atoms with Crippen molar-refractivity contribution in [2.45, 2.75) is 33.4 Å². The molecule has 0 aliphatic rings. The molecule has 130 valence electrons. The zero-order chi connectivity index (χ0) is 17.5. The van der Waals surface area contributed by atoms with Crippen LogP contribution in [0.4, 0.5) is 10.6 Å². The number of carbonyl (C=O) groups excluding carboxylic acids is 1. The highest BCUT2D eigenvalue weighted by molar-refractivity contribution is 5.74. The summed E-state index contributed by atoms with van der Waals surface area (Å²) < 4.78 is 1.78. The smallest absolute Gasteiger partial charge is 0.315 e. The average Bonchev–Trinajstić information content (AvgIpc) is 3.01. The molecular weight excluding hydrogens is 306 g/mol. The van der Waals surface area contributed by atoms with Crippen molar-refractivity contribution in [1.29, 1.82) is 0 Å². The third-order valence-corrected chi connectivity index (χ3v) is 3.83. The minimum atomic E-state index is -0.252. The fourth-order valence-electron chi connectivity index (χ4n) is 2.43. The molecule has 2 N–H and O–H groups in total. The van der Waals surface area contributed by atoms with E-state index in [9.17, 15) is 4.79 Å². The first kappa shape index (κ1) is 17.7. The van der Waals surface area contributed by atoms with Gasteiger partial charge < -0.3 is 20.1 Å². The van der Waals surface area contributed by atoms with Crippen LogP contribution in [-0.4, -0.2) is 38.9 Å². The van der Waals surface area contributed by atoms with E-state index in [-0.39, 0.29) is 12.1 Å². The Labute approximate surface area is 142 Å². The second kappa shape index (κ2) is 8.28. The molecule has 1 atom stereocenters. The number of hydrogen-bond acceptors (Lipinski definition) is 5. The molecular formula is C16H25N7O. The molecule has 0 aliphatic heterocycles. The minimum absolute atomic E-state index is 0.222. The Balaban J connectivity index is 1.84. The summed E-state index contributed by atoms with van der Waals surface area (Å²) in [4.78, 5) is 18.6. The van der Waals surface area contributed by atoms with Gasteiger partial charge >= 0.3 is 6.03 Å². The molecule has 0 fully saturated rings. The van der Waals surface area contributed by atoms with Crippen molar-refractivity contribution in [2.24, 2.45) is 7.05 Å². The molecule has 8 heteroatoms. The number of hydrogen-bond donors (Lipinski definition) is 2. The van der Waals surface area contributed by atoms with Crippen LogP contribution in [0.3, 0.4) is 0 Å². The summed E-state index contributed by atoms with van der Waals surface area (Å²) in [5.74, 6) is 1.65. The van der Waals surface area contributed by atoms with Gasteiger partial charge in [0.15, 0.2) is 5.82 Å². The monoisotopic (exact) mass is 331 g/mol. The number of aryl methyl sites for hydroxylation is 1. The molecule has 2 heterocycles. The third-order valence-electron chi connectivity index (χ3n) is 3.83. The van der Waals surface area contributed by atoms with E-state index in [1.54, 1.807) is 17.1 Å². The normalized spacial score (nSPS) is 11.8. The number of nitrogens with zero attached hydrogens (tertiary/aromatic N) is 5. The van der Waals surface area contributed by atoms with Crippen molar-refractivity contribution >= 4 is 11.8 Å². The number of aromatic nitrogens is 4. The van der Waals surface area contributed by atoms with Gasteiger partial charge in [0.2, 0.25) is 0 Å². The van der Waals surface area contributed by atoms with Crippen molar-refractivity contribution in [1.82, 2.24) is 30.4 Å². The molecule has 0 aromatic carbocycles. The highest BCUT2D eigenvalue weighted by Gasteiger charge is 2.13. The van der Waals surface area contributed by atoms with E-state index in [2.05, 4.69) is 44.6 Å². The summed E-state index contributed by atoms with van der Waals surface area (Å²) >= 11 is 0. The van der Waals surface area contributed by atoms with Crippen molar-refractivity contribution < 1.29 is 4.79 Å². The fraction of sp³-hybridized carbons (Fsp3) is 0.500. The first-order valence-corrected chi connectivity index (χ1v) is 8.13. The third kappa shape index (κ3) is 4.43. The van der Waals surface area contributed by atoms with Gasteiger partial charge in [-0.3, -0.25) is 0 Å². The quantitative estimate of drug-likeness (QED) is 0.805. The Morgan fingerprint density at radius 2 is 2.08 bits per heavy atom. The van der Waals surface area contributed by atoms with E-state index in [0.29, 0.717) is 12.4 Å². The van der Waals surface area contributed by atoms with Crippen LogP contribution < -0.4 is 15.5 Å². The number of rotatable bonds is 7. The van der Waals surface area contributed by atoms with Crippen molar-refractivity contribution in [3.63, 3.8) is 0 Å². The lowest BCUT2D eigenvalue weighted by atomic mass is 10.2. The SMILES string of the molecule is CCN(CC)c1ccc(CNC(=O)N[C@H](C)c2nncn2C)cn1. The zero-order valence-electron chi connectivity index (χ0n) is 14.7. The second-order valence-electron chi connectivity index (χ2n) is 5.55. The molecule has 0 unspecified atom stereocenters. The first-order chi connectivity index (χ1) is 11.5. The highest BCUT2D eigenvalue weighted by Crippen LogP contribution is 2.11. The van der Waals surface area contributed by atoms with Crippen molar-refractivity contribution in [3.8, 4) is 0 Å². The highest BCUT2D eigenvalue weighted by atomic mass is 16.2. The number of urea groups is 1. The maximum Gasteiger partial charge on any atom is 0.315 e. The average molecular weight is 331 g/mol. The molecule has 2 rings (SSSR count). The lowest BCUT2D eigenvalue weighted by Gasteiger charge is -2.19. The first-order valence-electron chi connectivity index (χ1n) is 8.13. The van der Waals surface area contributed by atoms with Gasteiger partial charge in [-0.05, 0) is 32.4 Å². The maximum atomic E-state index is 12.0.